The van der Waals surface area contributed by atoms with Crippen molar-refractivity contribution in [2.75, 3.05) is 13.1 Å². The number of hydrogen-bond acceptors (Lipinski definition) is 3. The Morgan fingerprint density at radius 1 is 1.24 bits per heavy atom. The molecular weight excluding hydrogens is 357 g/mol. The van der Waals surface area contributed by atoms with Gasteiger partial charge in [-0.1, -0.05) is 37.1 Å². The number of nitrogens with zero attached hydrogens (tertiary/aromatic N) is 1. The summed E-state index contributed by atoms with van der Waals surface area (Å²) in [4.78, 5) is 17.4. The van der Waals surface area contributed by atoms with Gasteiger partial charge >= 0.3 is 0 Å². The molecule has 1 saturated heterocycles. The van der Waals surface area contributed by atoms with E-state index in [-0.39, 0.29) is 36.1 Å². The van der Waals surface area contributed by atoms with Gasteiger partial charge < -0.3 is 10.6 Å². The Bertz CT molecular complexity index is 734. The van der Waals surface area contributed by atoms with Crippen LogP contribution in [-0.2, 0) is 11.3 Å². The van der Waals surface area contributed by atoms with E-state index in [1.54, 1.807) is 0 Å². The van der Waals surface area contributed by atoms with Crippen molar-refractivity contribution in [3.63, 3.8) is 0 Å². The molecule has 1 saturated carbocycles. The number of carbonyl (C=O) groups excluding carboxylic acids is 1. The Balaban J connectivity index is 0.00000113. The first-order valence-electron chi connectivity index (χ1n) is 8.61. The van der Waals surface area contributed by atoms with Crippen molar-refractivity contribution in [3.05, 3.63) is 42.1 Å². The van der Waals surface area contributed by atoms with Gasteiger partial charge in [0.05, 0.1) is 10.9 Å². The second-order valence-corrected chi connectivity index (χ2v) is 6.90. The van der Waals surface area contributed by atoms with E-state index < -0.39 is 0 Å². The predicted octanol–water partition coefficient (Wildman–Crippen LogP) is 3.47. The summed E-state index contributed by atoms with van der Waals surface area (Å²) in [6, 6.07) is 10.2. The number of nitrogens with one attached hydrogen (secondary N) is 2. The Morgan fingerprint density at radius 2 is 2.08 bits per heavy atom. The molecule has 1 aromatic carbocycles. The van der Waals surface area contributed by atoms with Crippen molar-refractivity contribution in [3.8, 4) is 0 Å². The topological polar surface area (TPSA) is 54.0 Å². The average Bonchev–Trinajstić information content (AvgIpc) is 3.05. The fraction of sp³-hybridized carbons (Fsp3) is 0.474. The molecule has 1 aliphatic heterocycles. The highest BCUT2D eigenvalue weighted by Crippen LogP contribution is 2.43. The van der Waals surface area contributed by atoms with E-state index in [2.05, 4.69) is 33.8 Å². The van der Waals surface area contributed by atoms with Crippen LogP contribution < -0.4 is 10.6 Å². The summed E-state index contributed by atoms with van der Waals surface area (Å²) in [6.07, 6.45) is 6.43. The molecule has 2 aromatic rings. The van der Waals surface area contributed by atoms with Crippen LogP contribution in [0.15, 0.2) is 36.5 Å². The Hall–Kier alpha value is -1.36. The van der Waals surface area contributed by atoms with Crippen LogP contribution in [0.25, 0.3) is 10.9 Å². The lowest BCUT2D eigenvalue weighted by Gasteiger charge is -2.37. The zero-order chi connectivity index (χ0) is 15.7. The van der Waals surface area contributed by atoms with Crippen molar-refractivity contribution in [1.29, 1.82) is 0 Å². The average molecular weight is 382 g/mol. The highest BCUT2D eigenvalue weighted by molar-refractivity contribution is 5.86. The van der Waals surface area contributed by atoms with Crippen molar-refractivity contribution >= 4 is 41.6 Å². The fourth-order valence-electron chi connectivity index (χ4n) is 4.35. The number of amides is 1. The van der Waals surface area contributed by atoms with Crippen LogP contribution in [0.5, 0.6) is 0 Å². The third-order valence-electron chi connectivity index (χ3n) is 5.65. The maximum Gasteiger partial charge on any atom is 0.228 e. The minimum atomic E-state index is -0.184. The summed E-state index contributed by atoms with van der Waals surface area (Å²) in [5.41, 5.74) is 1.89. The minimum Gasteiger partial charge on any atom is -0.351 e. The SMILES string of the molecule is Cl.Cl.O=C(NCc1cccc2cccnc12)[C@@]12CCCC[C@H]1CNC2. The Kier molecular flexibility index (Phi) is 6.66. The van der Waals surface area contributed by atoms with Crippen LogP contribution in [-0.4, -0.2) is 24.0 Å². The number of benzene rings is 1. The molecule has 2 heterocycles. The second kappa shape index (κ2) is 8.35. The Labute approximate surface area is 161 Å². The first-order chi connectivity index (χ1) is 11.3. The lowest BCUT2D eigenvalue weighted by Crippen LogP contribution is -2.47. The van der Waals surface area contributed by atoms with Gasteiger partial charge in [-0.3, -0.25) is 9.78 Å². The zero-order valence-corrected chi connectivity index (χ0v) is 15.8. The highest BCUT2D eigenvalue weighted by atomic mass is 35.5. The molecular formula is C19H25Cl2N3O. The maximum absolute atomic E-state index is 12.9. The number of rotatable bonds is 3. The van der Waals surface area contributed by atoms with E-state index in [0.29, 0.717) is 12.5 Å². The third kappa shape index (κ3) is 3.62. The van der Waals surface area contributed by atoms with Gasteiger partial charge in [0.15, 0.2) is 0 Å². The largest absolute Gasteiger partial charge is 0.351 e. The molecule has 0 bridgehead atoms. The third-order valence-corrected chi connectivity index (χ3v) is 5.65. The fourth-order valence-corrected chi connectivity index (χ4v) is 4.35. The standard InChI is InChI=1S/C19H23N3O.2ClH/c23-18(19-9-2-1-8-16(19)12-20-13-19)22-11-15-6-3-5-14-7-4-10-21-17(14)15;;/h3-7,10,16,20H,1-2,8-9,11-13H2,(H,22,23);2*1H/t16-,19+;;/m0../s1. The molecule has 2 atom stereocenters. The number of para-hydroxylation sites is 1. The van der Waals surface area contributed by atoms with Crippen LogP contribution >= 0.6 is 24.8 Å². The van der Waals surface area contributed by atoms with E-state index in [0.717, 1.165) is 36.0 Å². The van der Waals surface area contributed by atoms with E-state index in [4.69, 9.17) is 0 Å². The molecule has 1 aromatic heterocycles. The van der Waals surface area contributed by atoms with Gasteiger partial charge in [-0.25, -0.2) is 0 Å². The molecule has 2 N–H and O–H groups in total. The van der Waals surface area contributed by atoms with Gasteiger partial charge in [0.1, 0.15) is 0 Å². The number of carbonyl (C=O) groups is 1. The van der Waals surface area contributed by atoms with Crippen LogP contribution in [0.1, 0.15) is 31.2 Å². The first-order valence-corrected chi connectivity index (χ1v) is 8.61. The molecule has 4 rings (SSSR count). The van der Waals surface area contributed by atoms with Gasteiger partial charge in [0.25, 0.3) is 0 Å². The van der Waals surface area contributed by atoms with Gasteiger partial charge in [-0.05, 0) is 36.9 Å². The van der Waals surface area contributed by atoms with Crippen LogP contribution in [0.4, 0.5) is 0 Å². The zero-order valence-electron chi connectivity index (χ0n) is 14.2. The summed E-state index contributed by atoms with van der Waals surface area (Å²) in [7, 11) is 0. The summed E-state index contributed by atoms with van der Waals surface area (Å²) in [6.45, 7) is 2.38. The van der Waals surface area contributed by atoms with Crippen LogP contribution in [0.2, 0.25) is 0 Å². The van der Waals surface area contributed by atoms with E-state index in [1.807, 2.05) is 18.3 Å². The normalized spacial score (nSPS) is 24.7. The highest BCUT2D eigenvalue weighted by Gasteiger charge is 2.49. The quantitative estimate of drug-likeness (QED) is 0.855. The van der Waals surface area contributed by atoms with Gasteiger partial charge in [-0.2, -0.15) is 0 Å². The predicted molar refractivity (Wildman–Crippen MR) is 105 cm³/mol. The molecule has 0 unspecified atom stereocenters. The molecule has 1 amide bonds. The summed E-state index contributed by atoms with van der Waals surface area (Å²) >= 11 is 0. The number of aromatic nitrogens is 1. The van der Waals surface area contributed by atoms with Crippen molar-refractivity contribution in [2.24, 2.45) is 11.3 Å². The first kappa shape index (κ1) is 20.0. The van der Waals surface area contributed by atoms with Crippen molar-refractivity contribution in [2.45, 2.75) is 32.2 Å². The lowest BCUT2D eigenvalue weighted by molar-refractivity contribution is -0.134. The summed E-state index contributed by atoms with van der Waals surface area (Å²) < 4.78 is 0. The van der Waals surface area contributed by atoms with Gasteiger partial charge in [-0.15, -0.1) is 24.8 Å². The molecule has 25 heavy (non-hydrogen) atoms. The van der Waals surface area contributed by atoms with Gasteiger partial charge in [0, 0.05) is 24.7 Å². The summed E-state index contributed by atoms with van der Waals surface area (Å²) in [5, 5.41) is 7.77. The molecule has 1 aliphatic carbocycles. The molecule has 136 valence electrons. The minimum absolute atomic E-state index is 0. The monoisotopic (exact) mass is 381 g/mol. The molecule has 2 fully saturated rings. The Morgan fingerprint density at radius 3 is 2.96 bits per heavy atom. The van der Waals surface area contributed by atoms with Crippen LogP contribution in [0.3, 0.4) is 0 Å². The molecule has 6 heteroatoms. The molecule has 2 aliphatic rings. The number of pyridine rings is 1. The van der Waals surface area contributed by atoms with E-state index in [9.17, 15) is 4.79 Å². The number of hydrogen-bond donors (Lipinski definition) is 2. The summed E-state index contributed by atoms with van der Waals surface area (Å²) in [5.74, 6) is 0.724. The van der Waals surface area contributed by atoms with E-state index >= 15 is 0 Å². The van der Waals surface area contributed by atoms with Crippen molar-refractivity contribution < 1.29 is 4.79 Å². The smallest absolute Gasteiger partial charge is 0.228 e. The number of halogens is 2. The molecule has 4 nitrogen and oxygen atoms in total. The molecule has 0 spiro atoms. The number of fused-ring (bicyclic) bond motifs is 2. The lowest BCUT2D eigenvalue weighted by atomic mass is 9.67. The van der Waals surface area contributed by atoms with Gasteiger partial charge in [0.2, 0.25) is 5.91 Å². The van der Waals surface area contributed by atoms with Crippen LogP contribution in [0, 0.1) is 11.3 Å². The van der Waals surface area contributed by atoms with E-state index in [1.165, 1.54) is 19.3 Å². The molecule has 0 radical (unpaired) electrons. The maximum atomic E-state index is 12.9. The van der Waals surface area contributed by atoms with Crippen molar-refractivity contribution in [1.82, 2.24) is 15.6 Å². The second-order valence-electron chi connectivity index (χ2n) is 6.90.